The van der Waals surface area contributed by atoms with Gasteiger partial charge < -0.3 is 0 Å². The van der Waals surface area contributed by atoms with Gasteiger partial charge in [-0.15, -0.1) is 0 Å². The Labute approximate surface area is 195 Å². The maximum absolute atomic E-state index is 13.0. The second kappa shape index (κ2) is 11.3. The molecule has 1 amide bonds. The molecule has 2 aliphatic heterocycles. The summed E-state index contributed by atoms with van der Waals surface area (Å²) >= 11 is -0.0208. The quantitative estimate of drug-likeness (QED) is 0.299. The maximum atomic E-state index is 13.0. The van der Waals surface area contributed by atoms with Crippen LogP contribution in [0.2, 0.25) is 4.82 Å². The van der Waals surface area contributed by atoms with Gasteiger partial charge in [-0.2, -0.15) is 0 Å². The van der Waals surface area contributed by atoms with Crippen molar-refractivity contribution in [1.29, 1.82) is 0 Å². The summed E-state index contributed by atoms with van der Waals surface area (Å²) in [4.78, 5) is 27.2. The normalized spacial score (nSPS) is 23.2. The van der Waals surface area contributed by atoms with E-state index in [1.54, 1.807) is 27.9 Å². The molecule has 0 aliphatic carbocycles. The molecule has 3 rings (SSSR count). The minimum absolute atomic E-state index is 0.0208. The first kappa shape index (κ1) is 24.7. The van der Waals surface area contributed by atoms with E-state index in [4.69, 9.17) is 23.7 Å². The molecule has 0 N–H and O–H groups in total. The standard InChI is InChI=1S/C23H31NO7Se/c1-23(2,3)31-22(26)24-12-18(25)17-13-29-14-19(32-16-8-6-5-7-9-16)21(20(17)24)30-15-28-11-10-27-4/h5-9,13,19-21H,10-12,14-15H2,1-4H3/t19-,20+,21-/m1/s1. The summed E-state index contributed by atoms with van der Waals surface area (Å²) in [6.45, 7) is 6.58. The third kappa shape index (κ3) is 6.56. The molecule has 0 radical (unpaired) electrons. The van der Waals surface area contributed by atoms with Gasteiger partial charge >= 0.3 is 195 Å². The van der Waals surface area contributed by atoms with Crippen molar-refractivity contribution in [2.75, 3.05) is 40.3 Å². The molecule has 0 bridgehead atoms. The van der Waals surface area contributed by atoms with Crippen molar-refractivity contribution in [1.82, 2.24) is 4.90 Å². The average molecular weight is 512 g/mol. The Balaban J connectivity index is 1.86. The van der Waals surface area contributed by atoms with E-state index >= 15 is 0 Å². The van der Waals surface area contributed by atoms with Crippen LogP contribution in [0.25, 0.3) is 0 Å². The van der Waals surface area contributed by atoms with E-state index in [1.807, 2.05) is 18.2 Å². The Hall–Kier alpha value is -1.90. The Morgan fingerprint density at radius 1 is 1.22 bits per heavy atom. The SMILES string of the molecule is COCCOCO[C@@H]1[C@H]([Se]c2ccccc2)COC=C2C(=O)CN(C(=O)OC(C)(C)C)[C@@H]21. The minimum atomic E-state index is -0.680. The van der Waals surface area contributed by atoms with Crippen molar-refractivity contribution in [2.24, 2.45) is 0 Å². The molecule has 32 heavy (non-hydrogen) atoms. The van der Waals surface area contributed by atoms with Crippen LogP contribution in [0.3, 0.4) is 0 Å². The summed E-state index contributed by atoms with van der Waals surface area (Å²) in [5.41, 5.74) is -0.245. The van der Waals surface area contributed by atoms with E-state index < -0.39 is 23.8 Å². The van der Waals surface area contributed by atoms with Gasteiger partial charge in [0.1, 0.15) is 0 Å². The molecular formula is C23H31NO7Se. The molecule has 0 saturated carbocycles. The van der Waals surface area contributed by atoms with Gasteiger partial charge in [0.2, 0.25) is 0 Å². The first-order valence-electron chi connectivity index (χ1n) is 10.5. The summed E-state index contributed by atoms with van der Waals surface area (Å²) in [7, 11) is 1.60. The van der Waals surface area contributed by atoms with Crippen LogP contribution in [0.4, 0.5) is 4.79 Å². The molecule has 2 aliphatic rings. The molecule has 3 atom stereocenters. The average Bonchev–Trinajstić information content (AvgIpc) is 2.95. The fraction of sp³-hybridized carbons (Fsp3) is 0.565. The van der Waals surface area contributed by atoms with Crippen LogP contribution < -0.4 is 4.46 Å². The van der Waals surface area contributed by atoms with Crippen molar-refractivity contribution < 1.29 is 33.3 Å². The van der Waals surface area contributed by atoms with E-state index in [2.05, 4.69) is 12.1 Å². The van der Waals surface area contributed by atoms with Crippen molar-refractivity contribution in [2.45, 2.75) is 43.3 Å². The number of carbonyl (C=O) groups excluding carboxylic acids is 2. The fourth-order valence-corrected chi connectivity index (χ4v) is 5.96. The Morgan fingerprint density at radius 2 is 1.97 bits per heavy atom. The van der Waals surface area contributed by atoms with E-state index in [1.165, 1.54) is 15.6 Å². The number of fused-ring (bicyclic) bond motifs is 1. The van der Waals surface area contributed by atoms with Crippen LogP contribution >= 0.6 is 0 Å². The van der Waals surface area contributed by atoms with Crippen molar-refractivity contribution in [3.63, 3.8) is 0 Å². The summed E-state index contributed by atoms with van der Waals surface area (Å²) in [6.07, 6.45) is 0.465. The summed E-state index contributed by atoms with van der Waals surface area (Å²) in [6, 6.07) is 9.50. The molecule has 1 fully saturated rings. The fourth-order valence-electron chi connectivity index (χ4n) is 3.50. The van der Waals surface area contributed by atoms with Crippen LogP contribution in [0.1, 0.15) is 20.8 Å². The van der Waals surface area contributed by atoms with Crippen LogP contribution in [-0.4, -0.2) is 89.7 Å². The van der Waals surface area contributed by atoms with Gasteiger partial charge in [0, 0.05) is 0 Å². The number of hydrogen-bond acceptors (Lipinski definition) is 7. The van der Waals surface area contributed by atoms with Crippen molar-refractivity contribution >= 4 is 31.3 Å². The predicted molar refractivity (Wildman–Crippen MR) is 119 cm³/mol. The number of amides is 1. The van der Waals surface area contributed by atoms with Crippen LogP contribution in [-0.2, 0) is 28.5 Å². The Bertz CT molecular complexity index is 808. The summed E-state index contributed by atoms with van der Waals surface area (Å²) < 4.78 is 29.3. The number of benzene rings is 1. The van der Waals surface area contributed by atoms with Crippen molar-refractivity contribution in [3.8, 4) is 0 Å². The molecule has 1 saturated heterocycles. The number of likely N-dealkylation sites (tertiary alicyclic amines) is 1. The molecule has 176 valence electrons. The number of rotatable bonds is 8. The number of methoxy groups -OCH3 is 1. The van der Waals surface area contributed by atoms with Crippen LogP contribution in [0.15, 0.2) is 42.2 Å². The van der Waals surface area contributed by atoms with E-state index in [0.717, 1.165) is 0 Å². The predicted octanol–water partition coefficient (Wildman–Crippen LogP) is 1.91. The first-order valence-corrected chi connectivity index (χ1v) is 12.4. The van der Waals surface area contributed by atoms with Gasteiger partial charge in [-0.25, -0.2) is 0 Å². The first-order chi connectivity index (χ1) is 15.3. The third-order valence-corrected chi connectivity index (χ3v) is 7.50. The molecule has 9 heteroatoms. The number of ketones is 1. The van der Waals surface area contributed by atoms with E-state index in [-0.39, 0.29) is 38.9 Å². The van der Waals surface area contributed by atoms with E-state index in [9.17, 15) is 9.59 Å². The molecule has 0 unspecified atom stereocenters. The second-order valence-corrected chi connectivity index (χ2v) is 11.3. The van der Waals surface area contributed by atoms with Crippen LogP contribution in [0.5, 0.6) is 0 Å². The molecule has 0 aromatic heterocycles. The van der Waals surface area contributed by atoms with Gasteiger partial charge in [-0.05, 0) is 0 Å². The summed E-state index contributed by atoms with van der Waals surface area (Å²) in [5.74, 6) is -0.164. The zero-order valence-corrected chi connectivity index (χ0v) is 20.7. The number of nitrogens with zero attached hydrogens (tertiary/aromatic N) is 1. The van der Waals surface area contributed by atoms with Gasteiger partial charge in [0.25, 0.3) is 0 Å². The number of hydrogen-bond donors (Lipinski definition) is 0. The molecule has 2 heterocycles. The number of ether oxygens (including phenoxy) is 5. The van der Waals surface area contributed by atoms with Gasteiger partial charge in [-0.3, -0.25) is 0 Å². The Morgan fingerprint density at radius 3 is 2.66 bits per heavy atom. The number of Topliss-reactive ketones (excluding diaryl/α,β-unsaturated/α-hetero) is 1. The van der Waals surface area contributed by atoms with Crippen LogP contribution in [0, 0.1) is 0 Å². The second-order valence-electron chi connectivity index (χ2n) is 8.50. The molecule has 1 aromatic carbocycles. The zero-order valence-electron chi connectivity index (χ0n) is 18.9. The molecule has 8 nitrogen and oxygen atoms in total. The molecule has 1 aromatic rings. The van der Waals surface area contributed by atoms with Crippen molar-refractivity contribution in [3.05, 3.63) is 42.2 Å². The topological polar surface area (TPSA) is 83.5 Å². The number of carbonyl (C=O) groups is 2. The molecule has 0 spiro atoms. The summed E-state index contributed by atoms with van der Waals surface area (Å²) in [5, 5.41) is 0. The van der Waals surface area contributed by atoms with Gasteiger partial charge in [-0.1, -0.05) is 0 Å². The third-order valence-electron chi connectivity index (χ3n) is 4.87. The Kier molecular flexibility index (Phi) is 8.73. The zero-order chi connectivity index (χ0) is 23.1. The molecular weight excluding hydrogens is 481 g/mol. The van der Waals surface area contributed by atoms with Gasteiger partial charge in [0.15, 0.2) is 0 Å². The monoisotopic (exact) mass is 513 g/mol. The van der Waals surface area contributed by atoms with E-state index in [0.29, 0.717) is 25.4 Å². The van der Waals surface area contributed by atoms with Gasteiger partial charge in [0.05, 0.1) is 0 Å².